The molecule has 0 aromatic carbocycles. The van der Waals surface area contributed by atoms with Crippen molar-refractivity contribution in [3.63, 3.8) is 0 Å². The molecule has 0 saturated carbocycles. The number of carbonyl (C=O) groups excluding carboxylic acids is 1. The van der Waals surface area contributed by atoms with Crippen molar-refractivity contribution in [2.75, 3.05) is 7.05 Å². The molecule has 0 amide bonds. The van der Waals surface area contributed by atoms with Gasteiger partial charge in [0.15, 0.2) is 6.29 Å². The Bertz CT molecular complexity index is 379. The molecule has 1 aromatic rings. The first-order valence-electron chi connectivity index (χ1n) is 4.27. The fraction of sp³-hybridized carbons (Fsp3) is 0.300. The average Bonchev–Trinajstić information content (AvgIpc) is 2.62. The third-order valence-electron chi connectivity index (χ3n) is 1.94. The van der Waals surface area contributed by atoms with Gasteiger partial charge >= 0.3 is 0 Å². The highest BCUT2D eigenvalue weighted by atomic mass is 32.1. The summed E-state index contributed by atoms with van der Waals surface area (Å²) in [5, 5.41) is 1.78. The van der Waals surface area contributed by atoms with Gasteiger partial charge in [-0.3, -0.25) is 14.8 Å². The van der Waals surface area contributed by atoms with Crippen molar-refractivity contribution in [1.29, 1.82) is 0 Å². The molecule has 0 bridgehead atoms. The summed E-state index contributed by atoms with van der Waals surface area (Å²) in [6.45, 7) is 5.49. The van der Waals surface area contributed by atoms with E-state index >= 15 is 0 Å². The molecule has 4 heteroatoms. The topological polar surface area (TPSA) is 41.8 Å². The number of nitrogens with zero attached hydrogens (tertiary/aromatic N) is 2. The number of aliphatic imine (C=N–C) groups is 2. The van der Waals surface area contributed by atoms with Gasteiger partial charge in [0.1, 0.15) is 0 Å². The molecule has 0 N–H and O–H groups in total. The third kappa shape index (κ3) is 1.80. The zero-order valence-corrected chi connectivity index (χ0v) is 9.10. The summed E-state index contributed by atoms with van der Waals surface area (Å²) >= 11 is 1.49. The molecule has 74 valence electrons. The molecule has 0 aliphatic carbocycles. The van der Waals surface area contributed by atoms with E-state index in [-0.39, 0.29) is 0 Å². The Labute approximate surface area is 87.2 Å². The molecule has 1 heterocycles. The van der Waals surface area contributed by atoms with Gasteiger partial charge < -0.3 is 0 Å². The van der Waals surface area contributed by atoms with Crippen LogP contribution in [0.3, 0.4) is 0 Å². The molecule has 0 unspecified atom stereocenters. The lowest BCUT2D eigenvalue weighted by molar-refractivity contribution is 0.112. The van der Waals surface area contributed by atoms with Crippen LogP contribution >= 0.6 is 11.3 Å². The third-order valence-corrected chi connectivity index (χ3v) is 2.98. The van der Waals surface area contributed by atoms with Crippen LogP contribution in [-0.2, 0) is 0 Å². The van der Waals surface area contributed by atoms with Crippen LogP contribution in [0.15, 0.2) is 15.4 Å². The lowest BCUT2D eigenvalue weighted by Crippen LogP contribution is -1.95. The standard InChI is InChI=1S/C10H12N2OS/c1-4-8(11-2)10-9(12-3)7(5-13)6-14-10/h5-6H,3-4H2,1-2H3/b11-8-. The summed E-state index contributed by atoms with van der Waals surface area (Å²) < 4.78 is 0. The number of rotatable bonds is 4. The minimum Gasteiger partial charge on any atom is -0.298 e. The van der Waals surface area contributed by atoms with E-state index < -0.39 is 0 Å². The molecule has 0 spiro atoms. The highest BCUT2D eigenvalue weighted by Gasteiger charge is 2.13. The largest absolute Gasteiger partial charge is 0.298 e. The van der Waals surface area contributed by atoms with Crippen molar-refractivity contribution >= 4 is 35.7 Å². The molecule has 0 saturated heterocycles. The van der Waals surface area contributed by atoms with E-state index in [0.29, 0.717) is 11.3 Å². The fourth-order valence-electron chi connectivity index (χ4n) is 1.24. The van der Waals surface area contributed by atoms with Crippen molar-refractivity contribution in [1.82, 2.24) is 0 Å². The Balaban J connectivity index is 3.27. The predicted molar refractivity (Wildman–Crippen MR) is 61.7 cm³/mol. The molecule has 14 heavy (non-hydrogen) atoms. The van der Waals surface area contributed by atoms with Crippen LogP contribution in [0, 0.1) is 0 Å². The second-order valence-electron chi connectivity index (χ2n) is 2.67. The minimum absolute atomic E-state index is 0.592. The molecule has 3 nitrogen and oxygen atoms in total. The smallest absolute Gasteiger partial charge is 0.153 e. The van der Waals surface area contributed by atoms with Gasteiger partial charge in [-0.25, -0.2) is 0 Å². The Kier molecular flexibility index (Phi) is 3.71. The summed E-state index contributed by atoms with van der Waals surface area (Å²) in [5.74, 6) is 0. The van der Waals surface area contributed by atoms with Crippen molar-refractivity contribution in [3.05, 3.63) is 15.8 Å². The van der Waals surface area contributed by atoms with Crippen LogP contribution in [0.2, 0.25) is 0 Å². The summed E-state index contributed by atoms with van der Waals surface area (Å²) in [5.41, 5.74) is 2.22. The van der Waals surface area contributed by atoms with Gasteiger partial charge in [-0.15, -0.1) is 11.3 Å². The first-order chi connectivity index (χ1) is 6.78. The Morgan fingerprint density at radius 3 is 2.86 bits per heavy atom. The van der Waals surface area contributed by atoms with Crippen molar-refractivity contribution in [2.24, 2.45) is 9.98 Å². The average molecular weight is 208 g/mol. The van der Waals surface area contributed by atoms with Crippen LogP contribution < -0.4 is 0 Å². The van der Waals surface area contributed by atoms with Crippen LogP contribution in [0.5, 0.6) is 0 Å². The molecule has 0 aliphatic heterocycles. The summed E-state index contributed by atoms with van der Waals surface area (Å²) in [6.07, 6.45) is 1.63. The van der Waals surface area contributed by atoms with E-state index in [1.165, 1.54) is 11.3 Å². The molecule has 1 rings (SSSR count). The first-order valence-corrected chi connectivity index (χ1v) is 5.15. The first kappa shape index (κ1) is 10.8. The number of hydrogen-bond donors (Lipinski definition) is 0. The van der Waals surface area contributed by atoms with E-state index in [1.54, 1.807) is 12.4 Å². The lowest BCUT2D eigenvalue weighted by Gasteiger charge is -2.00. The SMILES string of the molecule is C=Nc1c(C=O)csc1/C(CC)=N\C. The summed E-state index contributed by atoms with van der Waals surface area (Å²) in [6, 6.07) is 0. The van der Waals surface area contributed by atoms with E-state index in [0.717, 1.165) is 23.3 Å². The molecular formula is C10H12N2OS. The van der Waals surface area contributed by atoms with E-state index in [4.69, 9.17) is 0 Å². The van der Waals surface area contributed by atoms with Gasteiger partial charge in [0, 0.05) is 12.4 Å². The Morgan fingerprint density at radius 1 is 1.71 bits per heavy atom. The fourth-order valence-corrected chi connectivity index (χ4v) is 2.31. The molecule has 0 aliphatic rings. The summed E-state index contributed by atoms with van der Waals surface area (Å²) in [7, 11) is 1.74. The second-order valence-corrected chi connectivity index (χ2v) is 3.55. The maximum absolute atomic E-state index is 10.7. The van der Waals surface area contributed by atoms with Crippen molar-refractivity contribution in [2.45, 2.75) is 13.3 Å². The van der Waals surface area contributed by atoms with Gasteiger partial charge in [-0.05, 0) is 13.1 Å². The maximum atomic E-state index is 10.7. The van der Waals surface area contributed by atoms with Gasteiger partial charge in [0.05, 0.1) is 21.8 Å². The van der Waals surface area contributed by atoms with E-state index in [9.17, 15) is 4.79 Å². The molecule has 0 fully saturated rings. The van der Waals surface area contributed by atoms with Crippen LogP contribution in [-0.4, -0.2) is 25.8 Å². The number of hydrogen-bond acceptors (Lipinski definition) is 4. The quantitative estimate of drug-likeness (QED) is 0.554. The monoisotopic (exact) mass is 208 g/mol. The van der Waals surface area contributed by atoms with E-state index in [2.05, 4.69) is 16.7 Å². The van der Waals surface area contributed by atoms with Crippen LogP contribution in [0.1, 0.15) is 28.6 Å². The zero-order chi connectivity index (χ0) is 10.6. The maximum Gasteiger partial charge on any atom is 0.153 e. The number of carbonyl (C=O) groups is 1. The molecule has 0 atom stereocenters. The molecule has 1 aromatic heterocycles. The van der Waals surface area contributed by atoms with Gasteiger partial charge in [-0.2, -0.15) is 0 Å². The van der Waals surface area contributed by atoms with Gasteiger partial charge in [0.2, 0.25) is 0 Å². The predicted octanol–water partition coefficient (Wildman–Crippen LogP) is 2.72. The molecule has 0 radical (unpaired) electrons. The number of aldehydes is 1. The van der Waals surface area contributed by atoms with Crippen LogP contribution in [0.4, 0.5) is 5.69 Å². The molecular weight excluding hydrogens is 196 g/mol. The van der Waals surface area contributed by atoms with Crippen LogP contribution in [0.25, 0.3) is 0 Å². The summed E-state index contributed by atoms with van der Waals surface area (Å²) in [4.78, 5) is 19.7. The zero-order valence-electron chi connectivity index (χ0n) is 8.28. The highest BCUT2D eigenvalue weighted by Crippen LogP contribution is 2.30. The lowest BCUT2D eigenvalue weighted by atomic mass is 10.2. The number of thiophene rings is 1. The van der Waals surface area contributed by atoms with Gasteiger partial charge in [-0.1, -0.05) is 6.92 Å². The van der Waals surface area contributed by atoms with Crippen molar-refractivity contribution in [3.8, 4) is 0 Å². The Morgan fingerprint density at radius 2 is 2.43 bits per heavy atom. The van der Waals surface area contributed by atoms with Gasteiger partial charge in [0.25, 0.3) is 0 Å². The second kappa shape index (κ2) is 4.81. The highest BCUT2D eigenvalue weighted by molar-refractivity contribution is 7.13. The normalized spacial score (nSPS) is 11.4. The van der Waals surface area contributed by atoms with E-state index in [1.807, 2.05) is 6.92 Å². The Hall–Kier alpha value is -1.29. The minimum atomic E-state index is 0.592. The van der Waals surface area contributed by atoms with Crippen molar-refractivity contribution < 1.29 is 4.79 Å².